The average Bonchev–Trinajstić information content (AvgIpc) is 2.34. The van der Waals surface area contributed by atoms with Gasteiger partial charge in [-0.05, 0) is 67.3 Å². The van der Waals surface area contributed by atoms with E-state index in [1.807, 2.05) is 39.0 Å². The van der Waals surface area contributed by atoms with Crippen LogP contribution >= 0.6 is 11.6 Å². The van der Waals surface area contributed by atoms with Gasteiger partial charge in [0.25, 0.3) is 0 Å². The quantitative estimate of drug-likeness (QED) is 0.867. The van der Waals surface area contributed by atoms with Crippen molar-refractivity contribution in [2.45, 2.75) is 20.8 Å². The van der Waals surface area contributed by atoms with Crippen molar-refractivity contribution >= 4 is 17.6 Å². The Labute approximate surface area is 117 Å². The fraction of sp³-hybridized carbons (Fsp3) is 0.188. The number of rotatable bonds is 2. The predicted octanol–water partition coefficient (Wildman–Crippen LogP) is 4.63. The van der Waals surface area contributed by atoms with E-state index in [0.717, 1.165) is 22.3 Å². The zero-order valence-corrected chi connectivity index (χ0v) is 11.9. The second-order valence-electron chi connectivity index (χ2n) is 4.75. The first-order chi connectivity index (χ1) is 8.90. The van der Waals surface area contributed by atoms with E-state index in [4.69, 9.17) is 16.7 Å². The van der Waals surface area contributed by atoms with Crippen LogP contribution in [0, 0.1) is 20.8 Å². The van der Waals surface area contributed by atoms with E-state index in [-0.39, 0.29) is 0 Å². The maximum atomic E-state index is 10.9. The first kappa shape index (κ1) is 13.6. The lowest BCUT2D eigenvalue weighted by atomic mass is 9.95. The van der Waals surface area contributed by atoms with Crippen LogP contribution in [-0.2, 0) is 0 Å². The van der Waals surface area contributed by atoms with E-state index in [9.17, 15) is 4.79 Å². The monoisotopic (exact) mass is 274 g/mol. The largest absolute Gasteiger partial charge is 0.478 e. The highest BCUT2D eigenvalue weighted by Gasteiger charge is 2.11. The van der Waals surface area contributed by atoms with Gasteiger partial charge < -0.3 is 5.11 Å². The van der Waals surface area contributed by atoms with Crippen molar-refractivity contribution in [3.8, 4) is 11.1 Å². The third-order valence-electron chi connectivity index (χ3n) is 3.35. The molecule has 0 amide bonds. The summed E-state index contributed by atoms with van der Waals surface area (Å²) < 4.78 is 0. The van der Waals surface area contributed by atoms with E-state index < -0.39 is 5.97 Å². The van der Waals surface area contributed by atoms with Gasteiger partial charge in [0.15, 0.2) is 0 Å². The van der Waals surface area contributed by atoms with Crippen molar-refractivity contribution in [2.75, 3.05) is 0 Å². The van der Waals surface area contributed by atoms with Gasteiger partial charge in [0.1, 0.15) is 0 Å². The van der Waals surface area contributed by atoms with Crippen molar-refractivity contribution in [2.24, 2.45) is 0 Å². The van der Waals surface area contributed by atoms with Crippen LogP contribution in [0.4, 0.5) is 0 Å². The lowest BCUT2D eigenvalue weighted by Crippen LogP contribution is -1.97. The Hall–Kier alpha value is -1.80. The first-order valence-corrected chi connectivity index (χ1v) is 6.39. The summed E-state index contributed by atoms with van der Waals surface area (Å²) in [5, 5.41) is 9.67. The van der Waals surface area contributed by atoms with Gasteiger partial charge in [-0.2, -0.15) is 0 Å². The molecule has 0 heterocycles. The number of halogens is 1. The number of aryl methyl sites for hydroxylation is 3. The van der Waals surface area contributed by atoms with Crippen molar-refractivity contribution in [1.29, 1.82) is 0 Å². The molecule has 19 heavy (non-hydrogen) atoms. The van der Waals surface area contributed by atoms with Gasteiger partial charge in [-0.1, -0.05) is 17.7 Å². The highest BCUT2D eigenvalue weighted by atomic mass is 35.5. The molecule has 0 aliphatic rings. The number of carboxylic acids is 1. The van der Waals surface area contributed by atoms with Gasteiger partial charge in [0.05, 0.1) is 5.56 Å². The van der Waals surface area contributed by atoms with Crippen LogP contribution < -0.4 is 0 Å². The Morgan fingerprint density at radius 3 is 2.16 bits per heavy atom. The summed E-state index contributed by atoms with van der Waals surface area (Å²) in [6.45, 7) is 5.95. The summed E-state index contributed by atoms with van der Waals surface area (Å²) in [5.41, 5.74) is 5.43. The summed E-state index contributed by atoms with van der Waals surface area (Å²) in [5.74, 6) is -0.916. The van der Waals surface area contributed by atoms with E-state index >= 15 is 0 Å². The minimum absolute atomic E-state index is 0.293. The molecule has 2 aromatic carbocycles. The van der Waals surface area contributed by atoms with Gasteiger partial charge in [0.2, 0.25) is 0 Å². The smallest absolute Gasteiger partial charge is 0.335 e. The molecule has 1 N–H and O–H groups in total. The fourth-order valence-electron chi connectivity index (χ4n) is 2.09. The molecule has 2 aromatic rings. The molecule has 0 spiro atoms. The van der Waals surface area contributed by atoms with Crippen molar-refractivity contribution in [1.82, 2.24) is 0 Å². The first-order valence-electron chi connectivity index (χ1n) is 6.01. The van der Waals surface area contributed by atoms with Crippen LogP contribution in [0.5, 0.6) is 0 Å². The van der Waals surface area contributed by atoms with Crippen LogP contribution in [0.2, 0.25) is 5.02 Å². The number of carboxylic acid groups (broad SMARTS) is 1. The Kier molecular flexibility index (Phi) is 3.63. The highest BCUT2D eigenvalue weighted by Crippen LogP contribution is 2.33. The molecule has 0 unspecified atom stereocenters. The second-order valence-corrected chi connectivity index (χ2v) is 5.16. The summed E-state index contributed by atoms with van der Waals surface area (Å²) in [4.78, 5) is 10.9. The molecule has 0 atom stereocenters. The molecule has 0 saturated heterocycles. The summed E-state index contributed by atoms with van der Waals surface area (Å²) in [7, 11) is 0. The standard InChI is InChI=1S/C16H15ClO2/c1-9-7-14(15(17)8-10(9)2)13-5-4-12(16(18)19)6-11(13)3/h4-8H,1-3H3,(H,18,19). The molecular formula is C16H15ClO2. The van der Waals surface area contributed by atoms with Gasteiger partial charge in [-0.25, -0.2) is 4.79 Å². The second kappa shape index (κ2) is 5.06. The normalized spacial score (nSPS) is 10.5. The van der Waals surface area contributed by atoms with E-state index in [1.54, 1.807) is 12.1 Å². The Morgan fingerprint density at radius 1 is 0.947 bits per heavy atom. The Bertz CT molecular complexity index is 660. The van der Waals surface area contributed by atoms with Crippen LogP contribution in [-0.4, -0.2) is 11.1 Å². The van der Waals surface area contributed by atoms with Gasteiger partial charge in [0, 0.05) is 10.6 Å². The van der Waals surface area contributed by atoms with Crippen LogP contribution in [0.15, 0.2) is 30.3 Å². The number of hydrogen-bond donors (Lipinski definition) is 1. The lowest BCUT2D eigenvalue weighted by molar-refractivity contribution is 0.0697. The molecule has 2 rings (SSSR count). The van der Waals surface area contributed by atoms with E-state index in [2.05, 4.69) is 0 Å². The van der Waals surface area contributed by atoms with Crippen molar-refractivity contribution in [3.05, 3.63) is 57.6 Å². The lowest BCUT2D eigenvalue weighted by Gasteiger charge is -2.11. The third kappa shape index (κ3) is 2.64. The van der Waals surface area contributed by atoms with Gasteiger partial charge in [-0.15, -0.1) is 0 Å². The molecule has 98 valence electrons. The van der Waals surface area contributed by atoms with E-state index in [1.165, 1.54) is 5.56 Å². The third-order valence-corrected chi connectivity index (χ3v) is 3.66. The SMILES string of the molecule is Cc1cc(Cl)c(-c2ccc(C(=O)O)cc2C)cc1C. The molecule has 0 saturated carbocycles. The zero-order valence-electron chi connectivity index (χ0n) is 11.1. The topological polar surface area (TPSA) is 37.3 Å². The van der Waals surface area contributed by atoms with Crippen molar-refractivity contribution in [3.63, 3.8) is 0 Å². The molecule has 2 nitrogen and oxygen atoms in total. The molecule has 0 aliphatic carbocycles. The Balaban J connectivity index is 2.59. The summed E-state index contributed by atoms with van der Waals surface area (Å²) in [6, 6.07) is 9.07. The maximum absolute atomic E-state index is 10.9. The minimum Gasteiger partial charge on any atom is -0.478 e. The Morgan fingerprint density at radius 2 is 1.58 bits per heavy atom. The van der Waals surface area contributed by atoms with Gasteiger partial charge in [-0.3, -0.25) is 0 Å². The van der Waals surface area contributed by atoms with Crippen LogP contribution in [0.1, 0.15) is 27.0 Å². The number of benzene rings is 2. The van der Waals surface area contributed by atoms with Gasteiger partial charge >= 0.3 is 5.97 Å². The molecule has 0 aliphatic heterocycles. The highest BCUT2D eigenvalue weighted by molar-refractivity contribution is 6.33. The van der Waals surface area contributed by atoms with E-state index in [0.29, 0.717) is 10.6 Å². The predicted molar refractivity (Wildman–Crippen MR) is 78.1 cm³/mol. The average molecular weight is 275 g/mol. The zero-order chi connectivity index (χ0) is 14.2. The molecule has 0 bridgehead atoms. The molecule has 0 radical (unpaired) electrons. The summed E-state index contributed by atoms with van der Waals surface area (Å²) >= 11 is 6.29. The van der Waals surface area contributed by atoms with Crippen LogP contribution in [0.25, 0.3) is 11.1 Å². The minimum atomic E-state index is -0.916. The summed E-state index contributed by atoms with van der Waals surface area (Å²) in [6.07, 6.45) is 0. The van der Waals surface area contributed by atoms with Crippen LogP contribution in [0.3, 0.4) is 0 Å². The molecular weight excluding hydrogens is 260 g/mol. The molecule has 0 aromatic heterocycles. The molecule has 3 heteroatoms. The molecule has 0 fully saturated rings. The number of aromatic carboxylic acids is 1. The van der Waals surface area contributed by atoms with Crippen molar-refractivity contribution < 1.29 is 9.90 Å². The number of hydrogen-bond acceptors (Lipinski definition) is 1. The maximum Gasteiger partial charge on any atom is 0.335 e. The number of carbonyl (C=O) groups is 1. The fourth-order valence-corrected chi connectivity index (χ4v) is 2.41.